The molecule has 0 aromatic heterocycles. The summed E-state index contributed by atoms with van der Waals surface area (Å²) >= 11 is 0. The van der Waals surface area contributed by atoms with Gasteiger partial charge in [-0.2, -0.15) is 13.2 Å². The van der Waals surface area contributed by atoms with Crippen LogP contribution in [0.1, 0.15) is 19.4 Å². The van der Waals surface area contributed by atoms with E-state index in [1.807, 2.05) is 0 Å². The number of rotatable bonds is 1. The standard InChI is InChI=1S/C12H12F4N2O/c1-11(2)6-18(10(19)17-11)7-3-4-9(13)8(5-7)12(14,15)16/h3-5H,6H2,1-2H3,(H,17,19). The van der Waals surface area contributed by atoms with Crippen molar-refractivity contribution in [2.75, 3.05) is 11.4 Å². The second-order valence-corrected chi connectivity index (χ2v) is 5.06. The number of nitrogens with one attached hydrogen (secondary N) is 1. The minimum absolute atomic E-state index is 0.0248. The molecule has 1 aliphatic heterocycles. The molecule has 7 heteroatoms. The number of benzene rings is 1. The average molecular weight is 276 g/mol. The fourth-order valence-corrected chi connectivity index (χ4v) is 1.97. The number of hydrogen-bond acceptors (Lipinski definition) is 1. The molecular weight excluding hydrogens is 264 g/mol. The number of alkyl halides is 3. The van der Waals surface area contributed by atoms with Gasteiger partial charge in [-0.25, -0.2) is 9.18 Å². The summed E-state index contributed by atoms with van der Waals surface area (Å²) in [5, 5.41) is 2.63. The van der Waals surface area contributed by atoms with E-state index in [4.69, 9.17) is 0 Å². The Kier molecular flexibility index (Phi) is 2.95. The Hall–Kier alpha value is -1.79. The molecule has 1 N–H and O–H groups in total. The topological polar surface area (TPSA) is 32.3 Å². The summed E-state index contributed by atoms with van der Waals surface area (Å²) in [6.45, 7) is 3.72. The summed E-state index contributed by atoms with van der Waals surface area (Å²) in [6, 6.07) is 2.03. The van der Waals surface area contributed by atoms with Crippen LogP contribution in [0.3, 0.4) is 0 Å². The quantitative estimate of drug-likeness (QED) is 0.785. The van der Waals surface area contributed by atoms with Gasteiger partial charge in [-0.1, -0.05) is 0 Å². The first kappa shape index (κ1) is 13.6. The zero-order chi connectivity index (χ0) is 14.4. The zero-order valence-corrected chi connectivity index (χ0v) is 10.3. The summed E-state index contributed by atoms with van der Waals surface area (Å²) in [5.41, 5.74) is -1.89. The van der Waals surface area contributed by atoms with E-state index in [0.717, 1.165) is 17.0 Å². The first-order chi connectivity index (χ1) is 8.60. The summed E-state index contributed by atoms with van der Waals surface area (Å²) < 4.78 is 51.0. The minimum Gasteiger partial charge on any atom is -0.331 e. The summed E-state index contributed by atoms with van der Waals surface area (Å²) in [6.07, 6.45) is -4.79. The van der Waals surface area contributed by atoms with Crippen molar-refractivity contribution in [3.63, 3.8) is 0 Å². The van der Waals surface area contributed by atoms with Crippen LogP contribution in [-0.2, 0) is 6.18 Å². The van der Waals surface area contributed by atoms with Crippen LogP contribution in [-0.4, -0.2) is 18.1 Å². The molecule has 0 spiro atoms. The van der Waals surface area contributed by atoms with E-state index < -0.39 is 29.1 Å². The lowest BCUT2D eigenvalue weighted by molar-refractivity contribution is -0.139. The molecule has 0 bridgehead atoms. The lowest BCUT2D eigenvalue weighted by atomic mass is 10.1. The van der Waals surface area contributed by atoms with Crippen molar-refractivity contribution in [2.45, 2.75) is 25.6 Å². The third kappa shape index (κ3) is 2.64. The van der Waals surface area contributed by atoms with Gasteiger partial charge in [0.1, 0.15) is 5.82 Å². The van der Waals surface area contributed by atoms with Crippen LogP contribution >= 0.6 is 0 Å². The van der Waals surface area contributed by atoms with Crippen molar-refractivity contribution in [3.05, 3.63) is 29.6 Å². The molecule has 0 saturated carbocycles. The molecule has 19 heavy (non-hydrogen) atoms. The van der Waals surface area contributed by atoms with Crippen LogP contribution in [0.5, 0.6) is 0 Å². The van der Waals surface area contributed by atoms with E-state index >= 15 is 0 Å². The molecule has 0 atom stereocenters. The number of anilines is 1. The summed E-state index contributed by atoms with van der Waals surface area (Å²) in [7, 11) is 0. The van der Waals surface area contributed by atoms with E-state index in [9.17, 15) is 22.4 Å². The molecule has 1 aliphatic rings. The van der Waals surface area contributed by atoms with Crippen molar-refractivity contribution in [1.82, 2.24) is 5.32 Å². The molecule has 2 amide bonds. The second-order valence-electron chi connectivity index (χ2n) is 5.06. The largest absolute Gasteiger partial charge is 0.419 e. The molecule has 104 valence electrons. The number of nitrogens with zero attached hydrogens (tertiary/aromatic N) is 1. The Balaban J connectivity index is 2.40. The molecular formula is C12H12F4N2O. The first-order valence-corrected chi connectivity index (χ1v) is 5.57. The zero-order valence-electron chi connectivity index (χ0n) is 10.3. The molecule has 1 saturated heterocycles. The van der Waals surface area contributed by atoms with Crippen molar-refractivity contribution in [2.24, 2.45) is 0 Å². The van der Waals surface area contributed by atoms with E-state index in [0.29, 0.717) is 6.07 Å². The Labute approximate surface area is 107 Å². The normalized spacial score (nSPS) is 18.6. The third-order valence-electron chi connectivity index (χ3n) is 2.81. The maximum absolute atomic E-state index is 13.2. The maximum atomic E-state index is 13.2. The average Bonchev–Trinajstić information content (AvgIpc) is 2.51. The van der Waals surface area contributed by atoms with Crippen molar-refractivity contribution in [3.8, 4) is 0 Å². The lowest BCUT2D eigenvalue weighted by Crippen LogP contribution is -2.36. The molecule has 2 rings (SSSR count). The SMILES string of the molecule is CC1(C)CN(c2ccc(F)c(C(F)(F)F)c2)C(=O)N1. The maximum Gasteiger partial charge on any atom is 0.419 e. The molecule has 3 nitrogen and oxygen atoms in total. The molecule has 0 radical (unpaired) electrons. The highest BCUT2D eigenvalue weighted by Crippen LogP contribution is 2.34. The van der Waals surface area contributed by atoms with Gasteiger partial charge in [-0.3, -0.25) is 4.90 Å². The van der Waals surface area contributed by atoms with Gasteiger partial charge < -0.3 is 5.32 Å². The van der Waals surface area contributed by atoms with Gasteiger partial charge in [-0.15, -0.1) is 0 Å². The lowest BCUT2D eigenvalue weighted by Gasteiger charge is -2.19. The molecule has 0 unspecified atom stereocenters. The van der Waals surface area contributed by atoms with Gasteiger partial charge in [-0.05, 0) is 32.0 Å². The molecule has 1 aromatic rings. The molecule has 1 fully saturated rings. The fourth-order valence-electron chi connectivity index (χ4n) is 1.97. The van der Waals surface area contributed by atoms with Crippen LogP contribution in [0.15, 0.2) is 18.2 Å². The van der Waals surface area contributed by atoms with Gasteiger partial charge in [0.15, 0.2) is 0 Å². The van der Waals surface area contributed by atoms with E-state index in [2.05, 4.69) is 5.32 Å². The Morgan fingerprint density at radius 1 is 1.32 bits per heavy atom. The Morgan fingerprint density at radius 3 is 2.42 bits per heavy atom. The van der Waals surface area contributed by atoms with Gasteiger partial charge in [0, 0.05) is 5.69 Å². The van der Waals surface area contributed by atoms with Gasteiger partial charge in [0.2, 0.25) is 0 Å². The first-order valence-electron chi connectivity index (χ1n) is 5.57. The van der Waals surface area contributed by atoms with Crippen molar-refractivity contribution >= 4 is 11.7 Å². The monoisotopic (exact) mass is 276 g/mol. The number of urea groups is 1. The Morgan fingerprint density at radius 2 is 1.95 bits per heavy atom. The van der Waals surface area contributed by atoms with Gasteiger partial charge in [0.05, 0.1) is 17.6 Å². The van der Waals surface area contributed by atoms with Crippen LogP contribution in [0, 0.1) is 5.82 Å². The number of carbonyl (C=O) groups is 1. The number of amides is 2. The number of halogens is 4. The van der Waals surface area contributed by atoms with Crippen LogP contribution in [0.25, 0.3) is 0 Å². The highest BCUT2D eigenvalue weighted by atomic mass is 19.4. The third-order valence-corrected chi connectivity index (χ3v) is 2.81. The second kappa shape index (κ2) is 4.11. The fraction of sp³-hybridized carbons (Fsp3) is 0.417. The smallest absolute Gasteiger partial charge is 0.331 e. The number of carbonyl (C=O) groups excluding carboxylic acids is 1. The van der Waals surface area contributed by atoms with Gasteiger partial charge >= 0.3 is 12.2 Å². The van der Waals surface area contributed by atoms with Crippen LogP contribution in [0.2, 0.25) is 0 Å². The molecule has 0 aliphatic carbocycles. The van der Waals surface area contributed by atoms with Gasteiger partial charge in [0.25, 0.3) is 0 Å². The van der Waals surface area contributed by atoms with Crippen molar-refractivity contribution in [1.29, 1.82) is 0 Å². The number of hydrogen-bond donors (Lipinski definition) is 1. The summed E-state index contributed by atoms with van der Waals surface area (Å²) in [4.78, 5) is 12.8. The molecule has 1 heterocycles. The Bertz CT molecular complexity index is 525. The van der Waals surface area contributed by atoms with Crippen LogP contribution < -0.4 is 10.2 Å². The minimum atomic E-state index is -4.79. The highest BCUT2D eigenvalue weighted by Gasteiger charge is 2.38. The highest BCUT2D eigenvalue weighted by molar-refractivity contribution is 5.95. The molecule has 1 aromatic carbocycles. The van der Waals surface area contributed by atoms with E-state index in [-0.39, 0.29) is 12.2 Å². The predicted molar refractivity (Wildman–Crippen MR) is 61.4 cm³/mol. The van der Waals surface area contributed by atoms with E-state index in [1.165, 1.54) is 0 Å². The van der Waals surface area contributed by atoms with Crippen LogP contribution in [0.4, 0.5) is 28.0 Å². The predicted octanol–water partition coefficient (Wildman–Crippen LogP) is 3.15. The van der Waals surface area contributed by atoms with Crippen molar-refractivity contribution < 1.29 is 22.4 Å². The van der Waals surface area contributed by atoms with E-state index in [1.54, 1.807) is 13.8 Å². The summed E-state index contributed by atoms with van der Waals surface area (Å²) in [5.74, 6) is -1.35.